The number of aliphatic carboxylic acids is 1. The third kappa shape index (κ3) is 6.29. The number of nitrogens with one attached hydrogen (secondary N) is 1. The molecule has 0 saturated carbocycles. The number of aromatic nitrogens is 2. The van der Waals surface area contributed by atoms with Gasteiger partial charge in [-0.1, -0.05) is 30.3 Å². The highest BCUT2D eigenvalue weighted by Crippen LogP contribution is 2.18. The molecule has 0 radical (unpaired) electrons. The highest BCUT2D eigenvalue weighted by molar-refractivity contribution is 5.72. The molecule has 134 valence electrons. The van der Waals surface area contributed by atoms with Gasteiger partial charge in [0.25, 0.3) is 0 Å². The largest absolute Gasteiger partial charge is 0.481 e. The van der Waals surface area contributed by atoms with E-state index in [4.69, 9.17) is 9.84 Å². The highest BCUT2D eigenvalue weighted by atomic mass is 16.6. The zero-order valence-electron chi connectivity index (χ0n) is 14.6. The van der Waals surface area contributed by atoms with E-state index in [-0.39, 0.29) is 6.42 Å². The van der Waals surface area contributed by atoms with Gasteiger partial charge in [0.2, 0.25) is 0 Å². The first kappa shape index (κ1) is 18.5. The van der Waals surface area contributed by atoms with Gasteiger partial charge in [-0.15, -0.1) is 0 Å². The molecule has 0 bridgehead atoms. The predicted molar refractivity (Wildman–Crippen MR) is 92.1 cm³/mol. The summed E-state index contributed by atoms with van der Waals surface area (Å²) < 4.78 is 6.91. The van der Waals surface area contributed by atoms with Crippen molar-refractivity contribution in [2.24, 2.45) is 0 Å². The standard InChI is InChI=1S/C18H23N3O4/c1-18(2,3)25-17(24)20-15(9-16(22)23)14-10-19-21(12-14)11-13-7-5-4-6-8-13/h4-8,10,12,15H,9,11H2,1-3H3,(H,20,24)(H,22,23)/t15-/m0/s1. The second-order valence-electron chi connectivity index (χ2n) is 6.75. The molecule has 7 nitrogen and oxygen atoms in total. The van der Waals surface area contributed by atoms with Gasteiger partial charge in [0.1, 0.15) is 5.60 Å². The lowest BCUT2D eigenvalue weighted by atomic mass is 10.1. The number of nitrogens with zero attached hydrogens (tertiary/aromatic N) is 2. The zero-order chi connectivity index (χ0) is 18.4. The lowest BCUT2D eigenvalue weighted by Gasteiger charge is -2.22. The first-order valence-electron chi connectivity index (χ1n) is 8.00. The van der Waals surface area contributed by atoms with E-state index in [1.54, 1.807) is 37.8 Å². The molecule has 0 unspecified atom stereocenters. The summed E-state index contributed by atoms with van der Waals surface area (Å²) in [6.45, 7) is 5.80. The first-order valence-corrected chi connectivity index (χ1v) is 8.00. The van der Waals surface area contributed by atoms with E-state index in [9.17, 15) is 9.59 Å². The Hall–Kier alpha value is -2.83. The minimum absolute atomic E-state index is 0.254. The molecule has 0 aliphatic carbocycles. The van der Waals surface area contributed by atoms with Gasteiger partial charge in [-0.3, -0.25) is 9.48 Å². The third-order valence-electron chi connectivity index (χ3n) is 3.31. The van der Waals surface area contributed by atoms with E-state index in [1.165, 1.54) is 0 Å². The van der Waals surface area contributed by atoms with E-state index in [1.807, 2.05) is 30.3 Å². The molecule has 1 aromatic heterocycles. The maximum absolute atomic E-state index is 12.0. The maximum atomic E-state index is 12.0. The topological polar surface area (TPSA) is 93.4 Å². The molecule has 7 heteroatoms. The number of hydrogen-bond acceptors (Lipinski definition) is 4. The van der Waals surface area contributed by atoms with Crippen LogP contribution < -0.4 is 5.32 Å². The van der Waals surface area contributed by atoms with Crippen LogP contribution >= 0.6 is 0 Å². The predicted octanol–water partition coefficient (Wildman–Crippen LogP) is 2.97. The molecule has 1 amide bonds. The van der Waals surface area contributed by atoms with Gasteiger partial charge in [0.15, 0.2) is 0 Å². The van der Waals surface area contributed by atoms with Crippen molar-refractivity contribution >= 4 is 12.1 Å². The molecule has 0 saturated heterocycles. The van der Waals surface area contributed by atoms with Crippen molar-refractivity contribution in [1.29, 1.82) is 0 Å². The van der Waals surface area contributed by atoms with Gasteiger partial charge in [0.05, 0.1) is 25.2 Å². The van der Waals surface area contributed by atoms with E-state index >= 15 is 0 Å². The summed E-state index contributed by atoms with van der Waals surface area (Å²) in [5.41, 5.74) is 1.03. The van der Waals surface area contributed by atoms with Crippen molar-refractivity contribution in [3.63, 3.8) is 0 Å². The van der Waals surface area contributed by atoms with Crippen molar-refractivity contribution in [3.8, 4) is 0 Å². The maximum Gasteiger partial charge on any atom is 0.408 e. The van der Waals surface area contributed by atoms with E-state index in [2.05, 4.69) is 10.4 Å². The minimum atomic E-state index is -1.02. The summed E-state index contributed by atoms with van der Waals surface area (Å²) in [5, 5.41) is 16.0. The number of amides is 1. The number of alkyl carbamates (subject to hydrolysis) is 1. The van der Waals surface area contributed by atoms with Crippen LogP contribution in [0.3, 0.4) is 0 Å². The Morgan fingerprint density at radius 2 is 1.96 bits per heavy atom. The number of rotatable bonds is 6. The molecule has 0 spiro atoms. The minimum Gasteiger partial charge on any atom is -0.481 e. The molecule has 1 aromatic carbocycles. The van der Waals surface area contributed by atoms with Crippen LogP contribution in [0.4, 0.5) is 4.79 Å². The Morgan fingerprint density at radius 1 is 1.28 bits per heavy atom. The molecule has 0 aliphatic heterocycles. The number of carbonyl (C=O) groups is 2. The van der Waals surface area contributed by atoms with Crippen LogP contribution in [-0.4, -0.2) is 32.6 Å². The molecule has 25 heavy (non-hydrogen) atoms. The number of benzene rings is 1. The van der Waals surface area contributed by atoms with Crippen LogP contribution in [0.25, 0.3) is 0 Å². The average Bonchev–Trinajstić information content (AvgIpc) is 2.93. The molecular weight excluding hydrogens is 322 g/mol. The van der Waals surface area contributed by atoms with Gasteiger partial charge in [-0.05, 0) is 26.3 Å². The number of hydrogen-bond donors (Lipinski definition) is 2. The quantitative estimate of drug-likeness (QED) is 0.839. The van der Waals surface area contributed by atoms with E-state index < -0.39 is 23.7 Å². The second kappa shape index (κ2) is 7.83. The van der Waals surface area contributed by atoms with Crippen LogP contribution in [0.5, 0.6) is 0 Å². The molecule has 1 atom stereocenters. The number of ether oxygens (including phenoxy) is 1. The number of carboxylic acid groups (broad SMARTS) is 1. The van der Waals surface area contributed by atoms with Crippen LogP contribution in [-0.2, 0) is 16.1 Å². The molecule has 0 fully saturated rings. The SMILES string of the molecule is CC(C)(C)OC(=O)N[C@@H](CC(=O)O)c1cnn(Cc2ccccc2)c1. The summed E-state index contributed by atoms with van der Waals surface area (Å²) >= 11 is 0. The fraction of sp³-hybridized carbons (Fsp3) is 0.389. The summed E-state index contributed by atoms with van der Waals surface area (Å²) in [5.74, 6) is -1.02. The van der Waals surface area contributed by atoms with Crippen molar-refractivity contribution in [2.75, 3.05) is 0 Å². The first-order chi connectivity index (χ1) is 11.7. The third-order valence-corrected chi connectivity index (χ3v) is 3.31. The molecule has 2 rings (SSSR count). The molecule has 1 heterocycles. The van der Waals surface area contributed by atoms with E-state index in [0.717, 1.165) is 5.56 Å². The van der Waals surface area contributed by atoms with Crippen LogP contribution in [0.1, 0.15) is 44.4 Å². The summed E-state index contributed by atoms with van der Waals surface area (Å²) in [4.78, 5) is 23.1. The highest BCUT2D eigenvalue weighted by Gasteiger charge is 2.23. The average molecular weight is 345 g/mol. The summed E-state index contributed by atoms with van der Waals surface area (Å²) in [7, 11) is 0. The Labute approximate surface area is 146 Å². The van der Waals surface area contributed by atoms with Crippen LogP contribution in [0, 0.1) is 0 Å². The summed E-state index contributed by atoms with van der Waals surface area (Å²) in [6.07, 6.45) is 2.39. The van der Waals surface area contributed by atoms with Crippen molar-refractivity contribution in [2.45, 2.75) is 45.4 Å². The van der Waals surface area contributed by atoms with Gasteiger partial charge >= 0.3 is 12.1 Å². The summed E-state index contributed by atoms with van der Waals surface area (Å²) in [6, 6.07) is 9.07. The Morgan fingerprint density at radius 3 is 2.56 bits per heavy atom. The lowest BCUT2D eigenvalue weighted by Crippen LogP contribution is -2.35. The van der Waals surface area contributed by atoms with Gasteiger partial charge in [0, 0.05) is 11.8 Å². The lowest BCUT2D eigenvalue weighted by molar-refractivity contribution is -0.137. The van der Waals surface area contributed by atoms with Gasteiger partial charge in [-0.25, -0.2) is 4.79 Å². The molecular formula is C18H23N3O4. The normalized spacial score (nSPS) is 12.4. The fourth-order valence-corrected chi connectivity index (χ4v) is 2.29. The van der Waals surface area contributed by atoms with E-state index in [0.29, 0.717) is 12.1 Å². The smallest absolute Gasteiger partial charge is 0.408 e. The molecule has 0 aliphatic rings. The van der Waals surface area contributed by atoms with Crippen LogP contribution in [0.15, 0.2) is 42.7 Å². The van der Waals surface area contributed by atoms with Crippen molar-refractivity contribution < 1.29 is 19.4 Å². The van der Waals surface area contributed by atoms with Crippen molar-refractivity contribution in [3.05, 3.63) is 53.9 Å². The Bertz CT molecular complexity index is 719. The number of carboxylic acids is 1. The number of carbonyl (C=O) groups excluding carboxylic acids is 1. The van der Waals surface area contributed by atoms with Crippen LogP contribution in [0.2, 0.25) is 0 Å². The Balaban J connectivity index is 2.10. The van der Waals surface area contributed by atoms with Gasteiger partial charge in [-0.2, -0.15) is 5.10 Å². The Kier molecular flexibility index (Phi) is 5.80. The molecule has 2 N–H and O–H groups in total. The second-order valence-corrected chi connectivity index (χ2v) is 6.75. The van der Waals surface area contributed by atoms with Gasteiger partial charge < -0.3 is 15.2 Å². The molecule has 2 aromatic rings. The monoisotopic (exact) mass is 345 g/mol. The van der Waals surface area contributed by atoms with Crippen molar-refractivity contribution in [1.82, 2.24) is 15.1 Å². The zero-order valence-corrected chi connectivity index (χ0v) is 14.6. The fourth-order valence-electron chi connectivity index (χ4n) is 2.29.